The molecule has 0 amide bonds. The Morgan fingerprint density at radius 2 is 1.58 bits per heavy atom. The molecule has 1 aliphatic heterocycles. The quantitative estimate of drug-likeness (QED) is 0.835. The highest BCUT2D eigenvalue weighted by Crippen LogP contribution is 2.22. The van der Waals surface area contributed by atoms with Crippen LogP contribution in [0.15, 0.2) is 54.6 Å². The van der Waals surface area contributed by atoms with Crippen LogP contribution in [0.1, 0.15) is 5.56 Å². The summed E-state index contributed by atoms with van der Waals surface area (Å²) in [5, 5.41) is 0. The van der Waals surface area contributed by atoms with Gasteiger partial charge in [-0.2, -0.15) is 4.31 Å². The molecule has 3 rings (SSSR count). The first kappa shape index (κ1) is 17.0. The molecule has 1 fully saturated rings. The Morgan fingerprint density at radius 1 is 0.917 bits per heavy atom. The summed E-state index contributed by atoms with van der Waals surface area (Å²) in [6.45, 7) is 3.40. The fourth-order valence-corrected chi connectivity index (χ4v) is 3.64. The van der Waals surface area contributed by atoms with Crippen molar-refractivity contribution in [1.82, 2.24) is 9.21 Å². The molecule has 1 aliphatic rings. The first-order valence-corrected chi connectivity index (χ1v) is 9.85. The number of hydrogen-bond acceptors (Lipinski definition) is 4. The predicted molar refractivity (Wildman–Crippen MR) is 94.7 cm³/mol. The molecule has 1 heterocycles. The Balaban J connectivity index is 1.59. The maximum absolute atomic E-state index is 11.6. The first-order chi connectivity index (χ1) is 11.5. The van der Waals surface area contributed by atoms with Crippen molar-refractivity contribution >= 4 is 10.0 Å². The molecular weight excluding hydrogens is 324 g/mol. The van der Waals surface area contributed by atoms with Crippen LogP contribution in [0, 0.1) is 0 Å². The van der Waals surface area contributed by atoms with Crippen molar-refractivity contribution in [3.8, 4) is 11.5 Å². The third-order valence-corrected chi connectivity index (χ3v) is 5.39. The lowest BCUT2D eigenvalue weighted by atomic mass is 10.2. The van der Waals surface area contributed by atoms with Crippen LogP contribution in [0.2, 0.25) is 0 Å². The predicted octanol–water partition coefficient (Wildman–Crippen LogP) is 2.56. The largest absolute Gasteiger partial charge is 0.457 e. The van der Waals surface area contributed by atoms with E-state index in [0.29, 0.717) is 13.1 Å². The van der Waals surface area contributed by atoms with Gasteiger partial charge in [0.1, 0.15) is 11.5 Å². The molecule has 0 spiro atoms. The molecule has 5 nitrogen and oxygen atoms in total. The molecular formula is C18H22N2O3S. The van der Waals surface area contributed by atoms with E-state index in [1.54, 1.807) is 4.31 Å². The molecule has 2 aromatic rings. The van der Waals surface area contributed by atoms with E-state index < -0.39 is 10.0 Å². The molecule has 0 saturated carbocycles. The van der Waals surface area contributed by atoms with Crippen molar-refractivity contribution in [1.29, 1.82) is 0 Å². The third kappa shape index (κ3) is 4.56. The van der Waals surface area contributed by atoms with Gasteiger partial charge in [-0.3, -0.25) is 4.90 Å². The summed E-state index contributed by atoms with van der Waals surface area (Å²) in [5.41, 5.74) is 1.16. The van der Waals surface area contributed by atoms with Gasteiger partial charge in [0.15, 0.2) is 0 Å². The molecule has 0 atom stereocenters. The number of sulfonamides is 1. The number of hydrogen-bond donors (Lipinski definition) is 0. The van der Waals surface area contributed by atoms with Crippen molar-refractivity contribution in [2.45, 2.75) is 6.54 Å². The lowest BCUT2D eigenvalue weighted by Crippen LogP contribution is -2.47. The number of nitrogens with zero attached hydrogens (tertiary/aromatic N) is 2. The molecule has 0 aliphatic carbocycles. The minimum absolute atomic E-state index is 0.555. The summed E-state index contributed by atoms with van der Waals surface area (Å²) in [7, 11) is -3.08. The van der Waals surface area contributed by atoms with Gasteiger partial charge in [-0.05, 0) is 29.8 Å². The van der Waals surface area contributed by atoms with Crippen molar-refractivity contribution < 1.29 is 13.2 Å². The second-order valence-electron chi connectivity index (χ2n) is 6.00. The molecule has 1 saturated heterocycles. The van der Waals surface area contributed by atoms with E-state index in [0.717, 1.165) is 36.7 Å². The molecule has 24 heavy (non-hydrogen) atoms. The molecule has 0 aromatic heterocycles. The summed E-state index contributed by atoms with van der Waals surface area (Å²) >= 11 is 0. The number of piperazine rings is 1. The normalized spacial score (nSPS) is 16.9. The number of benzene rings is 2. The van der Waals surface area contributed by atoms with Crippen LogP contribution in [0.3, 0.4) is 0 Å². The summed E-state index contributed by atoms with van der Waals surface area (Å²) in [4.78, 5) is 2.27. The topological polar surface area (TPSA) is 49.9 Å². The molecule has 0 radical (unpaired) electrons. The molecule has 2 aromatic carbocycles. The summed E-state index contributed by atoms with van der Waals surface area (Å²) in [5.74, 6) is 1.63. The minimum atomic E-state index is -3.08. The van der Waals surface area contributed by atoms with Crippen molar-refractivity contribution in [2.75, 3.05) is 32.4 Å². The number of ether oxygens (including phenoxy) is 1. The maximum atomic E-state index is 11.6. The maximum Gasteiger partial charge on any atom is 0.211 e. The van der Waals surface area contributed by atoms with Crippen molar-refractivity contribution in [3.63, 3.8) is 0 Å². The zero-order chi connectivity index (χ0) is 17.0. The van der Waals surface area contributed by atoms with Gasteiger partial charge >= 0.3 is 0 Å². The van der Waals surface area contributed by atoms with Crippen LogP contribution in [-0.4, -0.2) is 50.1 Å². The zero-order valence-corrected chi connectivity index (χ0v) is 14.6. The summed E-state index contributed by atoms with van der Waals surface area (Å²) < 4.78 is 30.5. The average Bonchev–Trinajstić information content (AvgIpc) is 2.56. The summed E-state index contributed by atoms with van der Waals surface area (Å²) in [6, 6.07) is 17.7. The van der Waals surface area contributed by atoms with Gasteiger partial charge in [0.05, 0.1) is 6.26 Å². The van der Waals surface area contributed by atoms with Crippen LogP contribution in [0.5, 0.6) is 11.5 Å². The van der Waals surface area contributed by atoms with Gasteiger partial charge in [0, 0.05) is 32.7 Å². The fourth-order valence-electron chi connectivity index (χ4n) is 2.81. The van der Waals surface area contributed by atoms with E-state index in [1.165, 1.54) is 6.26 Å². The van der Waals surface area contributed by atoms with E-state index in [2.05, 4.69) is 11.0 Å². The highest BCUT2D eigenvalue weighted by atomic mass is 32.2. The smallest absolute Gasteiger partial charge is 0.211 e. The lowest BCUT2D eigenvalue weighted by molar-refractivity contribution is 0.182. The zero-order valence-electron chi connectivity index (χ0n) is 13.8. The van der Waals surface area contributed by atoms with Gasteiger partial charge in [-0.25, -0.2) is 8.42 Å². The Hall–Kier alpha value is -1.89. The van der Waals surface area contributed by atoms with E-state index in [9.17, 15) is 8.42 Å². The van der Waals surface area contributed by atoms with Crippen molar-refractivity contribution in [3.05, 3.63) is 60.2 Å². The second kappa shape index (κ2) is 7.34. The van der Waals surface area contributed by atoms with Crippen LogP contribution in [0.25, 0.3) is 0 Å². The number of para-hydroxylation sites is 1. The van der Waals surface area contributed by atoms with Gasteiger partial charge in [-0.15, -0.1) is 0 Å². The average molecular weight is 346 g/mol. The van der Waals surface area contributed by atoms with Crippen molar-refractivity contribution in [2.24, 2.45) is 0 Å². The third-order valence-electron chi connectivity index (χ3n) is 4.08. The standard InChI is InChI=1S/C18H22N2O3S/c1-24(21,22)20-12-10-19(11-13-20)15-16-6-5-9-18(14-16)23-17-7-3-2-4-8-17/h2-9,14H,10-13,15H2,1H3. The van der Waals surface area contributed by atoms with Gasteiger partial charge < -0.3 is 4.74 Å². The SMILES string of the molecule is CS(=O)(=O)N1CCN(Cc2cccc(Oc3ccccc3)c2)CC1. The van der Waals surface area contributed by atoms with Crippen LogP contribution >= 0.6 is 0 Å². The molecule has 6 heteroatoms. The Bertz CT molecular complexity index is 770. The van der Waals surface area contributed by atoms with Crippen LogP contribution < -0.4 is 4.74 Å². The summed E-state index contributed by atoms with van der Waals surface area (Å²) in [6.07, 6.45) is 1.27. The number of rotatable bonds is 5. The van der Waals surface area contributed by atoms with Gasteiger partial charge in [0.2, 0.25) is 10.0 Å². The van der Waals surface area contributed by atoms with Gasteiger partial charge in [0.25, 0.3) is 0 Å². The van der Waals surface area contributed by atoms with Crippen LogP contribution in [0.4, 0.5) is 0 Å². The van der Waals surface area contributed by atoms with Gasteiger partial charge in [-0.1, -0.05) is 30.3 Å². The molecule has 0 bridgehead atoms. The van der Waals surface area contributed by atoms with E-state index >= 15 is 0 Å². The lowest BCUT2D eigenvalue weighted by Gasteiger charge is -2.33. The highest BCUT2D eigenvalue weighted by molar-refractivity contribution is 7.88. The van der Waals surface area contributed by atoms with E-state index in [-0.39, 0.29) is 0 Å². The van der Waals surface area contributed by atoms with E-state index in [4.69, 9.17) is 4.74 Å². The molecule has 128 valence electrons. The minimum Gasteiger partial charge on any atom is -0.457 e. The fraction of sp³-hybridized carbons (Fsp3) is 0.333. The van der Waals surface area contributed by atoms with Crippen LogP contribution in [-0.2, 0) is 16.6 Å². The molecule has 0 N–H and O–H groups in total. The Kier molecular flexibility index (Phi) is 5.18. The molecule has 0 unspecified atom stereocenters. The monoisotopic (exact) mass is 346 g/mol. The Labute approximate surface area is 143 Å². The second-order valence-corrected chi connectivity index (χ2v) is 7.98. The Morgan fingerprint density at radius 3 is 2.25 bits per heavy atom. The highest BCUT2D eigenvalue weighted by Gasteiger charge is 2.23. The van der Waals surface area contributed by atoms with E-state index in [1.807, 2.05) is 48.5 Å². The first-order valence-electron chi connectivity index (χ1n) is 8.00.